The zero-order valence-electron chi connectivity index (χ0n) is 11.3. The summed E-state index contributed by atoms with van der Waals surface area (Å²) in [6.45, 7) is 4.02. The number of carbonyl (C=O) groups excluding carboxylic acids is 1. The fourth-order valence-electron chi connectivity index (χ4n) is 2.23. The number of ether oxygens (including phenoxy) is 1. The van der Waals surface area contributed by atoms with E-state index in [1.807, 2.05) is 14.0 Å². The molecular formula is C14H19FN2O2. The number of aryl methyl sites for hydroxylation is 1. The van der Waals surface area contributed by atoms with Gasteiger partial charge in [-0.3, -0.25) is 4.79 Å². The minimum atomic E-state index is -0.466. The average molecular weight is 266 g/mol. The van der Waals surface area contributed by atoms with Gasteiger partial charge in [0.2, 0.25) is 0 Å². The molecule has 0 aromatic heterocycles. The van der Waals surface area contributed by atoms with Crippen molar-refractivity contribution in [3.63, 3.8) is 0 Å². The van der Waals surface area contributed by atoms with Crippen LogP contribution in [0.2, 0.25) is 0 Å². The summed E-state index contributed by atoms with van der Waals surface area (Å²) in [4.78, 5) is 14.0. The standard InChI is InChI=1S/C14H19FN2O2/c1-10-3-4-13(15)12(7-10)14(18)17-5-6-19-11(9-17)8-16-2/h3-4,7,11,16H,5-6,8-9H2,1-2H3. The molecule has 1 aromatic carbocycles. The molecule has 4 nitrogen and oxygen atoms in total. The van der Waals surface area contributed by atoms with E-state index in [1.165, 1.54) is 6.07 Å². The molecule has 0 spiro atoms. The third-order valence-electron chi connectivity index (χ3n) is 3.21. The topological polar surface area (TPSA) is 41.6 Å². The maximum absolute atomic E-state index is 13.7. The van der Waals surface area contributed by atoms with Crippen LogP contribution in [0.25, 0.3) is 0 Å². The molecule has 1 saturated heterocycles. The summed E-state index contributed by atoms with van der Waals surface area (Å²) < 4.78 is 19.3. The van der Waals surface area contributed by atoms with Crippen molar-refractivity contribution in [2.24, 2.45) is 0 Å². The first-order valence-electron chi connectivity index (χ1n) is 6.43. The van der Waals surface area contributed by atoms with E-state index in [0.29, 0.717) is 26.2 Å². The minimum Gasteiger partial charge on any atom is -0.373 e. The molecule has 1 atom stereocenters. The van der Waals surface area contributed by atoms with Crippen LogP contribution in [0.1, 0.15) is 15.9 Å². The third-order valence-corrected chi connectivity index (χ3v) is 3.21. The highest BCUT2D eigenvalue weighted by molar-refractivity contribution is 5.94. The van der Waals surface area contributed by atoms with Gasteiger partial charge >= 0.3 is 0 Å². The molecule has 104 valence electrons. The van der Waals surface area contributed by atoms with Gasteiger partial charge in [-0.1, -0.05) is 11.6 Å². The zero-order chi connectivity index (χ0) is 13.8. The summed E-state index contributed by atoms with van der Waals surface area (Å²) in [5.74, 6) is -0.724. The lowest BCUT2D eigenvalue weighted by Crippen LogP contribution is -2.48. The molecule has 2 rings (SSSR count). The van der Waals surface area contributed by atoms with Crippen LogP contribution in [0.3, 0.4) is 0 Å². The van der Waals surface area contributed by atoms with Gasteiger partial charge in [0.05, 0.1) is 18.3 Å². The van der Waals surface area contributed by atoms with Crippen molar-refractivity contribution in [1.82, 2.24) is 10.2 Å². The zero-order valence-corrected chi connectivity index (χ0v) is 11.3. The lowest BCUT2D eigenvalue weighted by Gasteiger charge is -2.33. The second kappa shape index (κ2) is 6.12. The maximum atomic E-state index is 13.7. The fraction of sp³-hybridized carbons (Fsp3) is 0.500. The van der Waals surface area contributed by atoms with Crippen molar-refractivity contribution in [1.29, 1.82) is 0 Å². The van der Waals surface area contributed by atoms with Crippen molar-refractivity contribution < 1.29 is 13.9 Å². The van der Waals surface area contributed by atoms with Gasteiger partial charge in [0, 0.05) is 19.6 Å². The highest BCUT2D eigenvalue weighted by Gasteiger charge is 2.26. The van der Waals surface area contributed by atoms with Crippen molar-refractivity contribution in [2.45, 2.75) is 13.0 Å². The van der Waals surface area contributed by atoms with E-state index in [2.05, 4.69) is 5.32 Å². The Hall–Kier alpha value is -1.46. The number of nitrogens with one attached hydrogen (secondary N) is 1. The van der Waals surface area contributed by atoms with Crippen LogP contribution in [0.4, 0.5) is 4.39 Å². The monoisotopic (exact) mass is 266 g/mol. The van der Waals surface area contributed by atoms with Gasteiger partial charge < -0.3 is 15.0 Å². The van der Waals surface area contributed by atoms with E-state index in [9.17, 15) is 9.18 Å². The number of rotatable bonds is 3. The molecule has 1 N–H and O–H groups in total. The lowest BCUT2D eigenvalue weighted by molar-refractivity contribution is -0.0197. The average Bonchev–Trinajstić information content (AvgIpc) is 2.41. The van der Waals surface area contributed by atoms with Crippen LogP contribution >= 0.6 is 0 Å². The lowest BCUT2D eigenvalue weighted by atomic mass is 10.1. The van der Waals surface area contributed by atoms with E-state index in [4.69, 9.17) is 4.74 Å². The Balaban J connectivity index is 2.12. The fourth-order valence-corrected chi connectivity index (χ4v) is 2.23. The summed E-state index contributed by atoms with van der Waals surface area (Å²) in [6.07, 6.45) is -0.0319. The summed E-state index contributed by atoms with van der Waals surface area (Å²) >= 11 is 0. The van der Waals surface area contributed by atoms with Crippen LogP contribution in [0.5, 0.6) is 0 Å². The summed E-state index contributed by atoms with van der Waals surface area (Å²) in [6, 6.07) is 4.60. The number of benzene rings is 1. The predicted molar refractivity (Wildman–Crippen MR) is 70.7 cm³/mol. The predicted octanol–water partition coefficient (Wildman–Crippen LogP) is 1.19. The summed E-state index contributed by atoms with van der Waals surface area (Å²) in [5, 5.41) is 3.02. The van der Waals surface area contributed by atoms with Gasteiger partial charge in [0.15, 0.2) is 0 Å². The van der Waals surface area contributed by atoms with Crippen LogP contribution in [-0.2, 0) is 4.74 Å². The van der Waals surface area contributed by atoms with E-state index in [1.54, 1.807) is 17.0 Å². The van der Waals surface area contributed by atoms with E-state index in [-0.39, 0.29) is 17.6 Å². The molecule has 19 heavy (non-hydrogen) atoms. The highest BCUT2D eigenvalue weighted by Crippen LogP contribution is 2.15. The van der Waals surface area contributed by atoms with Crippen molar-refractivity contribution in [2.75, 3.05) is 33.3 Å². The summed E-state index contributed by atoms with van der Waals surface area (Å²) in [5.41, 5.74) is 1.02. The largest absolute Gasteiger partial charge is 0.373 e. The molecule has 0 aliphatic carbocycles. The second-order valence-electron chi connectivity index (χ2n) is 4.78. The molecular weight excluding hydrogens is 247 g/mol. The number of hydrogen-bond donors (Lipinski definition) is 1. The number of morpholine rings is 1. The molecule has 0 saturated carbocycles. The van der Waals surface area contributed by atoms with Crippen LogP contribution in [-0.4, -0.2) is 50.2 Å². The van der Waals surface area contributed by atoms with Crippen molar-refractivity contribution in [3.8, 4) is 0 Å². The van der Waals surface area contributed by atoms with Crippen molar-refractivity contribution >= 4 is 5.91 Å². The molecule has 5 heteroatoms. The molecule has 1 amide bonds. The quantitative estimate of drug-likeness (QED) is 0.893. The molecule has 0 radical (unpaired) electrons. The van der Waals surface area contributed by atoms with Crippen LogP contribution < -0.4 is 5.32 Å². The van der Waals surface area contributed by atoms with Gasteiger partial charge in [-0.2, -0.15) is 0 Å². The SMILES string of the molecule is CNCC1CN(C(=O)c2cc(C)ccc2F)CCO1. The molecule has 1 unspecified atom stereocenters. The Morgan fingerprint density at radius 1 is 1.58 bits per heavy atom. The van der Waals surface area contributed by atoms with Gasteiger partial charge in [0.25, 0.3) is 5.91 Å². The van der Waals surface area contributed by atoms with Gasteiger partial charge in [0.1, 0.15) is 5.82 Å². The van der Waals surface area contributed by atoms with Crippen LogP contribution in [0, 0.1) is 12.7 Å². The van der Waals surface area contributed by atoms with Crippen molar-refractivity contribution in [3.05, 3.63) is 35.1 Å². The van der Waals surface area contributed by atoms with E-state index in [0.717, 1.165) is 5.56 Å². The first-order valence-corrected chi connectivity index (χ1v) is 6.43. The molecule has 1 aromatic rings. The van der Waals surface area contributed by atoms with Gasteiger partial charge in [-0.25, -0.2) is 4.39 Å². The number of amides is 1. The smallest absolute Gasteiger partial charge is 0.257 e. The molecule has 1 heterocycles. The number of carbonyl (C=O) groups is 1. The van der Waals surface area contributed by atoms with Crippen LogP contribution in [0.15, 0.2) is 18.2 Å². The highest BCUT2D eigenvalue weighted by atomic mass is 19.1. The van der Waals surface area contributed by atoms with E-state index >= 15 is 0 Å². The Bertz CT molecular complexity index is 463. The number of nitrogens with zero attached hydrogens (tertiary/aromatic N) is 1. The number of hydrogen-bond acceptors (Lipinski definition) is 3. The Labute approximate surface area is 112 Å². The Kier molecular flexibility index (Phi) is 4.50. The molecule has 1 fully saturated rings. The normalized spacial score (nSPS) is 19.5. The minimum absolute atomic E-state index is 0.0319. The molecule has 1 aliphatic heterocycles. The first-order chi connectivity index (χ1) is 9.11. The number of likely N-dealkylation sites (N-methyl/N-ethyl adjacent to an activating group) is 1. The van der Waals surface area contributed by atoms with E-state index < -0.39 is 5.82 Å². The van der Waals surface area contributed by atoms with Gasteiger partial charge in [-0.15, -0.1) is 0 Å². The third kappa shape index (κ3) is 3.30. The second-order valence-corrected chi connectivity index (χ2v) is 4.78. The Morgan fingerprint density at radius 3 is 3.11 bits per heavy atom. The van der Waals surface area contributed by atoms with Gasteiger partial charge in [-0.05, 0) is 26.1 Å². The first kappa shape index (κ1) is 14.0. The number of halogens is 1. The maximum Gasteiger partial charge on any atom is 0.257 e. The molecule has 0 bridgehead atoms. The Morgan fingerprint density at radius 2 is 2.37 bits per heavy atom. The summed E-state index contributed by atoms with van der Waals surface area (Å²) in [7, 11) is 1.84. The molecule has 1 aliphatic rings.